The van der Waals surface area contributed by atoms with Gasteiger partial charge in [-0.3, -0.25) is 0 Å². The summed E-state index contributed by atoms with van der Waals surface area (Å²) in [4.78, 5) is 1.51. The van der Waals surface area contributed by atoms with Gasteiger partial charge in [-0.2, -0.15) is 0 Å². The fourth-order valence-corrected chi connectivity index (χ4v) is 4.46. The number of aryl methyl sites for hydroxylation is 1. The van der Waals surface area contributed by atoms with E-state index in [0.29, 0.717) is 12.5 Å². The van der Waals surface area contributed by atoms with Crippen molar-refractivity contribution in [1.29, 1.82) is 0 Å². The maximum atomic E-state index is 5.97. The van der Waals surface area contributed by atoms with Crippen LogP contribution in [0.2, 0.25) is 0 Å². The van der Waals surface area contributed by atoms with Gasteiger partial charge in [0.15, 0.2) is 0 Å². The normalized spacial score (nSPS) is 12.7. The molecule has 22 heavy (non-hydrogen) atoms. The Hall–Kier alpha value is -1.64. The third kappa shape index (κ3) is 2.81. The van der Waals surface area contributed by atoms with Crippen molar-refractivity contribution < 1.29 is 0 Å². The molecule has 1 unspecified atom stereocenters. The Balaban J connectivity index is 2.17. The number of benzene rings is 2. The number of nitrogens with two attached hydrogens (primary N) is 1. The summed E-state index contributed by atoms with van der Waals surface area (Å²) in [5.41, 5.74) is 10.0. The van der Waals surface area contributed by atoms with E-state index in [1.54, 1.807) is 0 Å². The minimum Gasteiger partial charge on any atom is -0.330 e. The fourth-order valence-electron chi connectivity index (χ4n) is 3.05. The molecule has 0 amide bonds. The van der Waals surface area contributed by atoms with Crippen LogP contribution in [0, 0.1) is 0 Å². The maximum Gasteiger partial charge on any atom is 0.0349 e. The summed E-state index contributed by atoms with van der Waals surface area (Å²) in [6.07, 6.45) is 2.34. The van der Waals surface area contributed by atoms with E-state index in [-0.39, 0.29) is 0 Å². The second-order valence-corrected chi connectivity index (χ2v) is 7.04. The van der Waals surface area contributed by atoms with Gasteiger partial charge in [-0.15, -0.1) is 11.3 Å². The van der Waals surface area contributed by atoms with E-state index in [4.69, 9.17) is 5.73 Å². The topological polar surface area (TPSA) is 26.0 Å². The molecule has 0 saturated carbocycles. The zero-order valence-electron chi connectivity index (χ0n) is 13.3. The van der Waals surface area contributed by atoms with E-state index in [1.807, 2.05) is 11.3 Å². The van der Waals surface area contributed by atoms with Crippen molar-refractivity contribution in [1.82, 2.24) is 0 Å². The quantitative estimate of drug-likeness (QED) is 0.654. The Bertz CT molecular complexity index is 758. The largest absolute Gasteiger partial charge is 0.330 e. The van der Waals surface area contributed by atoms with Crippen LogP contribution in [-0.2, 0) is 6.42 Å². The number of rotatable bonds is 5. The van der Waals surface area contributed by atoms with Crippen LogP contribution in [0.5, 0.6) is 0 Å². The maximum absolute atomic E-state index is 5.97. The Labute approximate surface area is 136 Å². The van der Waals surface area contributed by atoms with Crippen LogP contribution >= 0.6 is 11.3 Å². The van der Waals surface area contributed by atoms with E-state index in [2.05, 4.69) is 62.4 Å². The molecule has 0 radical (unpaired) electrons. The third-order valence-electron chi connectivity index (χ3n) is 4.23. The summed E-state index contributed by atoms with van der Waals surface area (Å²) < 4.78 is 1.39. The molecule has 114 valence electrons. The lowest BCUT2D eigenvalue weighted by atomic mass is 9.94. The Morgan fingerprint density at radius 2 is 1.82 bits per heavy atom. The van der Waals surface area contributed by atoms with Gasteiger partial charge in [0.05, 0.1) is 0 Å². The molecule has 0 fully saturated rings. The van der Waals surface area contributed by atoms with Gasteiger partial charge < -0.3 is 5.73 Å². The average Bonchev–Trinajstić information content (AvgIpc) is 2.92. The molecule has 2 heteroatoms. The van der Waals surface area contributed by atoms with Crippen LogP contribution in [0.3, 0.4) is 0 Å². The van der Waals surface area contributed by atoms with Gasteiger partial charge in [0.2, 0.25) is 0 Å². The monoisotopic (exact) mass is 309 g/mol. The molecule has 1 heterocycles. The first-order valence-electron chi connectivity index (χ1n) is 8.05. The van der Waals surface area contributed by atoms with E-state index in [9.17, 15) is 0 Å². The summed E-state index contributed by atoms with van der Waals surface area (Å²) in [6.45, 7) is 5.20. The van der Waals surface area contributed by atoms with Crippen LogP contribution in [0.15, 0.2) is 48.5 Å². The standard InChI is InChI=1S/C20H23NS/c1-3-7-19-20(14(2)13-21)17-12-16(10-11-18(17)22-19)15-8-5-4-6-9-15/h4-6,8-12,14H,3,7,13,21H2,1-2H3. The van der Waals surface area contributed by atoms with E-state index < -0.39 is 0 Å². The summed E-state index contributed by atoms with van der Waals surface area (Å²) in [6, 6.07) is 17.5. The highest BCUT2D eigenvalue weighted by Gasteiger charge is 2.17. The minimum atomic E-state index is 0.418. The highest BCUT2D eigenvalue weighted by atomic mass is 32.1. The highest BCUT2D eigenvalue weighted by Crippen LogP contribution is 2.38. The number of fused-ring (bicyclic) bond motifs is 1. The molecule has 0 saturated heterocycles. The lowest BCUT2D eigenvalue weighted by Gasteiger charge is -2.11. The predicted octanol–water partition coefficient (Wildman–Crippen LogP) is 5.58. The van der Waals surface area contributed by atoms with Crippen LogP contribution in [0.1, 0.15) is 36.6 Å². The predicted molar refractivity (Wildman–Crippen MR) is 98.7 cm³/mol. The second-order valence-electron chi connectivity index (χ2n) is 5.90. The molecule has 3 aromatic rings. The first-order chi connectivity index (χ1) is 10.7. The minimum absolute atomic E-state index is 0.418. The number of hydrogen-bond donors (Lipinski definition) is 1. The van der Waals surface area contributed by atoms with Gasteiger partial charge in [0.1, 0.15) is 0 Å². The van der Waals surface area contributed by atoms with Gasteiger partial charge in [-0.05, 0) is 53.1 Å². The Morgan fingerprint density at radius 1 is 1.05 bits per heavy atom. The number of thiophene rings is 1. The molecule has 2 N–H and O–H groups in total. The van der Waals surface area contributed by atoms with Gasteiger partial charge in [0, 0.05) is 9.58 Å². The Kier molecular flexibility index (Phi) is 4.60. The molecule has 0 aliphatic heterocycles. The lowest BCUT2D eigenvalue weighted by Crippen LogP contribution is -2.09. The van der Waals surface area contributed by atoms with Crippen molar-refractivity contribution >= 4 is 21.4 Å². The van der Waals surface area contributed by atoms with Crippen LogP contribution < -0.4 is 5.73 Å². The van der Waals surface area contributed by atoms with Crippen LogP contribution in [0.25, 0.3) is 21.2 Å². The van der Waals surface area contributed by atoms with Crippen molar-refractivity contribution in [3.8, 4) is 11.1 Å². The van der Waals surface area contributed by atoms with Crippen molar-refractivity contribution in [2.24, 2.45) is 5.73 Å². The second kappa shape index (κ2) is 6.64. The molecule has 0 bridgehead atoms. The summed E-state index contributed by atoms with van der Waals surface area (Å²) >= 11 is 1.94. The Morgan fingerprint density at radius 3 is 2.50 bits per heavy atom. The van der Waals surface area contributed by atoms with Crippen LogP contribution in [0.4, 0.5) is 0 Å². The highest BCUT2D eigenvalue weighted by molar-refractivity contribution is 7.19. The average molecular weight is 309 g/mol. The summed E-state index contributed by atoms with van der Waals surface area (Å²) in [5.74, 6) is 0.418. The van der Waals surface area contributed by atoms with Gasteiger partial charge in [-0.1, -0.05) is 56.7 Å². The van der Waals surface area contributed by atoms with Crippen molar-refractivity contribution in [2.45, 2.75) is 32.6 Å². The van der Waals surface area contributed by atoms with Gasteiger partial charge >= 0.3 is 0 Å². The molecular weight excluding hydrogens is 286 g/mol. The van der Waals surface area contributed by atoms with E-state index in [0.717, 1.165) is 6.42 Å². The molecule has 2 aromatic carbocycles. The molecule has 0 aliphatic rings. The van der Waals surface area contributed by atoms with Gasteiger partial charge in [0.25, 0.3) is 0 Å². The fraction of sp³-hybridized carbons (Fsp3) is 0.300. The molecule has 1 nitrogen and oxygen atoms in total. The smallest absolute Gasteiger partial charge is 0.0349 e. The van der Waals surface area contributed by atoms with Crippen LogP contribution in [-0.4, -0.2) is 6.54 Å². The van der Waals surface area contributed by atoms with Crippen molar-refractivity contribution in [3.05, 3.63) is 59.0 Å². The SMILES string of the molecule is CCCc1sc2ccc(-c3ccccc3)cc2c1C(C)CN. The van der Waals surface area contributed by atoms with E-state index >= 15 is 0 Å². The van der Waals surface area contributed by atoms with Gasteiger partial charge in [-0.25, -0.2) is 0 Å². The van der Waals surface area contributed by atoms with Crippen molar-refractivity contribution in [2.75, 3.05) is 6.54 Å². The third-order valence-corrected chi connectivity index (χ3v) is 5.48. The summed E-state index contributed by atoms with van der Waals surface area (Å²) in [7, 11) is 0. The molecule has 0 aliphatic carbocycles. The first kappa shape index (κ1) is 15.3. The first-order valence-corrected chi connectivity index (χ1v) is 8.87. The molecular formula is C20H23NS. The molecule has 1 atom stereocenters. The zero-order valence-corrected chi connectivity index (χ0v) is 14.1. The molecule has 3 rings (SSSR count). The molecule has 1 aromatic heterocycles. The summed E-state index contributed by atoms with van der Waals surface area (Å²) in [5, 5.41) is 1.40. The van der Waals surface area contributed by atoms with Crippen molar-refractivity contribution in [3.63, 3.8) is 0 Å². The number of hydrogen-bond acceptors (Lipinski definition) is 2. The van der Waals surface area contributed by atoms with E-state index in [1.165, 1.54) is 38.1 Å². The zero-order chi connectivity index (χ0) is 15.5. The lowest BCUT2D eigenvalue weighted by molar-refractivity contribution is 0.767. The molecule has 0 spiro atoms.